The summed E-state index contributed by atoms with van der Waals surface area (Å²) in [7, 11) is 1.62. The van der Waals surface area contributed by atoms with Crippen molar-refractivity contribution in [3.8, 4) is 17.0 Å². The number of carbonyl (C=O) groups is 1. The van der Waals surface area contributed by atoms with E-state index in [0.29, 0.717) is 5.13 Å². The van der Waals surface area contributed by atoms with Crippen molar-refractivity contribution >= 4 is 28.5 Å². The molecule has 0 aliphatic carbocycles. The zero-order valence-corrected chi connectivity index (χ0v) is 15.1. The molecule has 2 aromatic carbocycles. The molecular formula is C20H17FN2O2S. The van der Waals surface area contributed by atoms with E-state index in [1.165, 1.54) is 29.5 Å². The third kappa shape index (κ3) is 4.34. The van der Waals surface area contributed by atoms with Crippen LogP contribution in [0.25, 0.3) is 17.3 Å². The molecule has 3 rings (SSSR count). The van der Waals surface area contributed by atoms with Gasteiger partial charge in [0.1, 0.15) is 11.6 Å². The second-order valence-electron chi connectivity index (χ2n) is 5.53. The first kappa shape index (κ1) is 17.8. The monoisotopic (exact) mass is 368 g/mol. The van der Waals surface area contributed by atoms with E-state index >= 15 is 0 Å². The van der Waals surface area contributed by atoms with E-state index in [4.69, 9.17) is 4.74 Å². The molecule has 132 valence electrons. The first-order chi connectivity index (χ1) is 12.5. The van der Waals surface area contributed by atoms with Gasteiger partial charge >= 0.3 is 0 Å². The lowest BCUT2D eigenvalue weighted by Crippen LogP contribution is -2.07. The molecule has 0 atom stereocenters. The van der Waals surface area contributed by atoms with E-state index in [9.17, 15) is 9.18 Å². The number of amides is 1. The molecule has 4 nitrogen and oxygen atoms in total. The molecule has 0 aliphatic rings. The predicted molar refractivity (Wildman–Crippen MR) is 103 cm³/mol. The summed E-state index contributed by atoms with van der Waals surface area (Å²) in [4.78, 5) is 17.6. The molecule has 0 fully saturated rings. The van der Waals surface area contributed by atoms with Gasteiger partial charge in [0.05, 0.1) is 12.8 Å². The number of halogens is 1. The lowest BCUT2D eigenvalue weighted by molar-refractivity contribution is -0.111. The highest BCUT2D eigenvalue weighted by Crippen LogP contribution is 2.31. The fourth-order valence-electron chi connectivity index (χ4n) is 2.36. The lowest BCUT2D eigenvalue weighted by Gasteiger charge is -2.01. The van der Waals surface area contributed by atoms with E-state index in [2.05, 4.69) is 10.3 Å². The summed E-state index contributed by atoms with van der Waals surface area (Å²) in [5.74, 6) is 0.182. The van der Waals surface area contributed by atoms with Crippen molar-refractivity contribution in [1.82, 2.24) is 4.98 Å². The van der Waals surface area contributed by atoms with E-state index in [-0.39, 0.29) is 11.7 Å². The molecule has 0 bridgehead atoms. The number of carbonyl (C=O) groups excluding carboxylic acids is 1. The number of ether oxygens (including phenoxy) is 1. The molecule has 0 unspecified atom stereocenters. The van der Waals surface area contributed by atoms with Crippen LogP contribution in [0.3, 0.4) is 0 Å². The molecule has 6 heteroatoms. The smallest absolute Gasteiger partial charge is 0.250 e. The third-order valence-electron chi connectivity index (χ3n) is 3.69. The Hall–Kier alpha value is -2.99. The highest BCUT2D eigenvalue weighted by atomic mass is 32.1. The van der Waals surface area contributed by atoms with Gasteiger partial charge in [0.2, 0.25) is 5.91 Å². The van der Waals surface area contributed by atoms with Gasteiger partial charge in [-0.3, -0.25) is 10.1 Å². The van der Waals surface area contributed by atoms with E-state index in [1.807, 2.05) is 31.2 Å². The van der Waals surface area contributed by atoms with Crippen LogP contribution in [0.4, 0.5) is 9.52 Å². The van der Waals surface area contributed by atoms with Gasteiger partial charge in [-0.25, -0.2) is 9.37 Å². The summed E-state index contributed by atoms with van der Waals surface area (Å²) >= 11 is 1.41. The number of anilines is 1. The van der Waals surface area contributed by atoms with Crippen LogP contribution < -0.4 is 10.1 Å². The zero-order valence-electron chi connectivity index (χ0n) is 14.3. The zero-order chi connectivity index (χ0) is 18.5. The Bertz CT molecular complexity index is 931. The highest BCUT2D eigenvalue weighted by Gasteiger charge is 2.11. The lowest BCUT2D eigenvalue weighted by atomic mass is 10.1. The van der Waals surface area contributed by atoms with E-state index in [1.54, 1.807) is 25.3 Å². The van der Waals surface area contributed by atoms with Crippen molar-refractivity contribution in [2.24, 2.45) is 0 Å². The SMILES string of the molecule is COc1ccc(-c2nc(NC(=O)/C=C/c3ccc(F)cc3)sc2C)cc1. The molecule has 3 aromatic rings. The predicted octanol–water partition coefficient (Wildman–Crippen LogP) is 4.92. The van der Waals surface area contributed by atoms with Gasteiger partial charge in [0, 0.05) is 16.5 Å². The molecule has 0 radical (unpaired) electrons. The standard InChI is InChI=1S/C20H17FN2O2S/c1-13-19(15-6-10-17(25-2)11-7-15)23-20(26-13)22-18(24)12-5-14-3-8-16(21)9-4-14/h3-12H,1-2H3,(H,22,23,24)/b12-5+. The molecule has 0 saturated heterocycles. The maximum Gasteiger partial charge on any atom is 0.250 e. The molecular weight excluding hydrogens is 351 g/mol. The number of benzene rings is 2. The minimum absolute atomic E-state index is 0.288. The molecule has 1 aromatic heterocycles. The van der Waals surface area contributed by atoms with Crippen LogP contribution in [0.5, 0.6) is 5.75 Å². The number of nitrogens with one attached hydrogen (secondary N) is 1. The van der Waals surface area contributed by atoms with Gasteiger partial charge in [0.25, 0.3) is 0 Å². The van der Waals surface area contributed by atoms with Gasteiger partial charge in [-0.2, -0.15) is 0 Å². The minimum atomic E-state index is -0.309. The first-order valence-corrected chi connectivity index (χ1v) is 8.73. The summed E-state index contributed by atoms with van der Waals surface area (Å²) in [5.41, 5.74) is 2.54. The van der Waals surface area contributed by atoms with Crippen molar-refractivity contribution in [1.29, 1.82) is 0 Å². The Kier molecular flexibility index (Phi) is 5.43. The van der Waals surface area contributed by atoms with Crippen LogP contribution in [-0.4, -0.2) is 18.0 Å². The number of aryl methyl sites for hydroxylation is 1. The number of nitrogens with zero attached hydrogens (tertiary/aromatic N) is 1. The van der Waals surface area contributed by atoms with Gasteiger partial charge in [-0.05, 0) is 55.0 Å². The van der Waals surface area contributed by atoms with E-state index in [0.717, 1.165) is 27.4 Å². The highest BCUT2D eigenvalue weighted by molar-refractivity contribution is 7.16. The molecule has 0 aliphatic heterocycles. The Morgan fingerprint density at radius 3 is 2.50 bits per heavy atom. The van der Waals surface area contributed by atoms with Crippen LogP contribution >= 0.6 is 11.3 Å². The van der Waals surface area contributed by atoms with Crippen molar-refractivity contribution in [2.45, 2.75) is 6.92 Å². The number of hydrogen-bond acceptors (Lipinski definition) is 4. The number of hydrogen-bond donors (Lipinski definition) is 1. The van der Waals surface area contributed by atoms with Gasteiger partial charge in [0.15, 0.2) is 5.13 Å². The van der Waals surface area contributed by atoms with Gasteiger partial charge < -0.3 is 4.74 Å². The third-order valence-corrected chi connectivity index (χ3v) is 4.57. The number of aromatic nitrogens is 1. The summed E-state index contributed by atoms with van der Waals surface area (Å²) in [5, 5.41) is 3.29. The average molecular weight is 368 g/mol. The van der Waals surface area contributed by atoms with Gasteiger partial charge in [-0.15, -0.1) is 11.3 Å². The largest absolute Gasteiger partial charge is 0.497 e. The number of rotatable bonds is 5. The normalized spacial score (nSPS) is 10.9. The molecule has 0 saturated carbocycles. The topological polar surface area (TPSA) is 51.2 Å². The molecule has 1 heterocycles. The Morgan fingerprint density at radius 1 is 1.15 bits per heavy atom. The van der Waals surface area contributed by atoms with Crippen molar-refractivity contribution in [3.05, 3.63) is 70.9 Å². The summed E-state index contributed by atoms with van der Waals surface area (Å²) in [6.07, 6.45) is 3.02. The maximum atomic E-state index is 12.9. The molecule has 1 amide bonds. The average Bonchev–Trinajstić information content (AvgIpc) is 3.01. The Morgan fingerprint density at radius 2 is 1.85 bits per heavy atom. The molecule has 1 N–H and O–H groups in total. The number of methoxy groups -OCH3 is 1. The first-order valence-electron chi connectivity index (χ1n) is 7.91. The van der Waals surface area contributed by atoms with Crippen molar-refractivity contribution in [3.63, 3.8) is 0 Å². The number of thiazole rings is 1. The second kappa shape index (κ2) is 7.93. The Balaban J connectivity index is 1.70. The second-order valence-corrected chi connectivity index (χ2v) is 6.73. The van der Waals surface area contributed by atoms with Crippen molar-refractivity contribution < 1.29 is 13.9 Å². The molecule has 0 spiro atoms. The molecule has 26 heavy (non-hydrogen) atoms. The summed E-state index contributed by atoms with van der Waals surface area (Å²) < 4.78 is 18.0. The fraction of sp³-hybridized carbons (Fsp3) is 0.100. The Labute approximate surface area is 155 Å². The van der Waals surface area contributed by atoms with Gasteiger partial charge in [-0.1, -0.05) is 12.1 Å². The summed E-state index contributed by atoms with van der Waals surface area (Å²) in [6.45, 7) is 1.96. The van der Waals surface area contributed by atoms with Crippen LogP contribution in [0.1, 0.15) is 10.4 Å². The van der Waals surface area contributed by atoms with Crippen LogP contribution in [-0.2, 0) is 4.79 Å². The quantitative estimate of drug-likeness (QED) is 0.651. The fourth-order valence-corrected chi connectivity index (χ4v) is 3.20. The van der Waals surface area contributed by atoms with Crippen LogP contribution in [0.2, 0.25) is 0 Å². The van der Waals surface area contributed by atoms with Crippen LogP contribution in [0.15, 0.2) is 54.6 Å². The van der Waals surface area contributed by atoms with Crippen molar-refractivity contribution in [2.75, 3.05) is 12.4 Å². The minimum Gasteiger partial charge on any atom is -0.497 e. The van der Waals surface area contributed by atoms with E-state index < -0.39 is 0 Å². The maximum absolute atomic E-state index is 12.9. The summed E-state index contributed by atoms with van der Waals surface area (Å²) in [6, 6.07) is 13.5. The van der Waals surface area contributed by atoms with Crippen LogP contribution in [0, 0.1) is 12.7 Å².